The third kappa shape index (κ3) is 4.19. The zero-order valence-electron chi connectivity index (χ0n) is 10.9. The third-order valence-electron chi connectivity index (χ3n) is 2.49. The molecule has 1 aromatic rings. The number of esters is 1. The van der Waals surface area contributed by atoms with Crippen molar-refractivity contribution in [3.05, 3.63) is 35.4 Å². The van der Waals surface area contributed by atoms with Crippen LogP contribution in [0.3, 0.4) is 0 Å². The van der Waals surface area contributed by atoms with Crippen molar-refractivity contribution in [1.82, 2.24) is 0 Å². The van der Waals surface area contributed by atoms with Gasteiger partial charge in [-0.25, -0.2) is 4.79 Å². The summed E-state index contributed by atoms with van der Waals surface area (Å²) in [6.07, 6.45) is 0. The minimum absolute atomic E-state index is 0.160. The van der Waals surface area contributed by atoms with E-state index in [-0.39, 0.29) is 11.4 Å². The highest BCUT2D eigenvalue weighted by Gasteiger charge is 2.21. The summed E-state index contributed by atoms with van der Waals surface area (Å²) in [6, 6.07) is 7.42. The Kier molecular flexibility index (Phi) is 4.70. The van der Waals surface area contributed by atoms with E-state index in [1.54, 1.807) is 13.2 Å². The van der Waals surface area contributed by atoms with E-state index in [0.717, 1.165) is 5.56 Å². The number of rotatable bonds is 5. The maximum Gasteiger partial charge on any atom is 0.338 e. The van der Waals surface area contributed by atoms with Gasteiger partial charge in [0.05, 0.1) is 18.8 Å². The van der Waals surface area contributed by atoms with Crippen LogP contribution in [-0.4, -0.2) is 26.3 Å². The van der Waals surface area contributed by atoms with Gasteiger partial charge in [-0.1, -0.05) is 32.0 Å². The van der Waals surface area contributed by atoms with Gasteiger partial charge in [-0.2, -0.15) is 0 Å². The van der Waals surface area contributed by atoms with Crippen molar-refractivity contribution in [2.24, 2.45) is 5.41 Å². The lowest BCUT2D eigenvalue weighted by Crippen LogP contribution is -2.26. The van der Waals surface area contributed by atoms with Gasteiger partial charge in [0.25, 0.3) is 0 Å². The Balaban J connectivity index is 2.59. The molecule has 17 heavy (non-hydrogen) atoms. The topological polar surface area (TPSA) is 35.5 Å². The Labute approximate surface area is 103 Å². The van der Waals surface area contributed by atoms with Crippen LogP contribution < -0.4 is 0 Å². The number of aryl methyl sites for hydroxylation is 1. The van der Waals surface area contributed by atoms with Crippen LogP contribution in [0.4, 0.5) is 0 Å². The van der Waals surface area contributed by atoms with Gasteiger partial charge in [-0.15, -0.1) is 0 Å². The SMILES string of the molecule is COCC(C)(C)COC(=O)c1ccccc1C. The first kappa shape index (κ1) is 13.7. The minimum Gasteiger partial charge on any atom is -0.461 e. The largest absolute Gasteiger partial charge is 0.461 e. The zero-order valence-corrected chi connectivity index (χ0v) is 10.9. The van der Waals surface area contributed by atoms with Crippen LogP contribution in [0.1, 0.15) is 29.8 Å². The molecular formula is C14H20O3. The minimum atomic E-state index is -0.271. The van der Waals surface area contributed by atoms with Crippen molar-refractivity contribution in [1.29, 1.82) is 0 Å². The zero-order chi connectivity index (χ0) is 12.9. The molecule has 0 unspecified atom stereocenters. The van der Waals surface area contributed by atoms with E-state index in [0.29, 0.717) is 18.8 Å². The van der Waals surface area contributed by atoms with Gasteiger partial charge in [0, 0.05) is 12.5 Å². The first-order valence-corrected chi connectivity index (χ1v) is 5.68. The smallest absolute Gasteiger partial charge is 0.338 e. The van der Waals surface area contributed by atoms with Crippen LogP contribution in [0.2, 0.25) is 0 Å². The Morgan fingerprint density at radius 2 is 1.88 bits per heavy atom. The lowest BCUT2D eigenvalue weighted by Gasteiger charge is -2.23. The molecule has 0 fully saturated rings. The molecule has 0 radical (unpaired) electrons. The van der Waals surface area contributed by atoms with Crippen LogP contribution in [0.15, 0.2) is 24.3 Å². The van der Waals surface area contributed by atoms with Gasteiger partial charge in [0.15, 0.2) is 0 Å². The summed E-state index contributed by atoms with van der Waals surface area (Å²) in [5.41, 5.74) is 1.40. The van der Waals surface area contributed by atoms with Crippen LogP contribution in [0.25, 0.3) is 0 Å². The molecule has 0 aliphatic carbocycles. The summed E-state index contributed by atoms with van der Waals surface area (Å²) in [6.45, 7) is 6.82. The van der Waals surface area contributed by atoms with Gasteiger partial charge in [-0.3, -0.25) is 0 Å². The third-order valence-corrected chi connectivity index (χ3v) is 2.49. The average Bonchev–Trinajstić information content (AvgIpc) is 2.27. The average molecular weight is 236 g/mol. The molecule has 0 saturated heterocycles. The fourth-order valence-electron chi connectivity index (χ4n) is 1.57. The molecule has 0 aliphatic heterocycles. The van der Waals surface area contributed by atoms with Gasteiger partial charge in [-0.05, 0) is 18.6 Å². The monoisotopic (exact) mass is 236 g/mol. The van der Waals surface area contributed by atoms with E-state index in [2.05, 4.69) is 0 Å². The second-order valence-electron chi connectivity index (χ2n) is 4.99. The molecular weight excluding hydrogens is 216 g/mol. The van der Waals surface area contributed by atoms with Crippen molar-refractivity contribution in [2.75, 3.05) is 20.3 Å². The number of ether oxygens (including phenoxy) is 2. The van der Waals surface area contributed by atoms with Crippen LogP contribution in [0, 0.1) is 12.3 Å². The van der Waals surface area contributed by atoms with E-state index in [4.69, 9.17) is 9.47 Å². The summed E-state index contributed by atoms with van der Waals surface area (Å²) in [7, 11) is 1.64. The van der Waals surface area contributed by atoms with Crippen LogP contribution in [0.5, 0.6) is 0 Å². The molecule has 0 atom stereocenters. The normalized spacial score (nSPS) is 11.3. The summed E-state index contributed by atoms with van der Waals surface area (Å²) >= 11 is 0. The molecule has 0 heterocycles. The standard InChI is InChI=1S/C14H20O3/c1-11-7-5-6-8-12(11)13(15)17-10-14(2,3)9-16-4/h5-8H,9-10H2,1-4H3. The predicted molar refractivity (Wildman–Crippen MR) is 67.1 cm³/mol. The van der Waals surface area contributed by atoms with Crippen LogP contribution in [-0.2, 0) is 9.47 Å². The number of hydrogen-bond donors (Lipinski definition) is 0. The molecule has 3 heteroatoms. The van der Waals surface area contributed by atoms with E-state index >= 15 is 0 Å². The second kappa shape index (κ2) is 5.82. The second-order valence-corrected chi connectivity index (χ2v) is 4.99. The molecule has 0 saturated carbocycles. The van der Waals surface area contributed by atoms with E-state index in [1.807, 2.05) is 39.0 Å². The highest BCUT2D eigenvalue weighted by atomic mass is 16.5. The Morgan fingerprint density at radius 3 is 2.47 bits per heavy atom. The number of carbonyl (C=O) groups excluding carboxylic acids is 1. The quantitative estimate of drug-likeness (QED) is 0.737. The maximum absolute atomic E-state index is 11.9. The van der Waals surface area contributed by atoms with E-state index in [9.17, 15) is 4.79 Å². The molecule has 1 aromatic carbocycles. The van der Waals surface area contributed by atoms with Gasteiger partial charge < -0.3 is 9.47 Å². The Hall–Kier alpha value is -1.35. The molecule has 94 valence electrons. The lowest BCUT2D eigenvalue weighted by molar-refractivity contribution is 0.0135. The summed E-state index contributed by atoms with van der Waals surface area (Å²) in [4.78, 5) is 11.9. The summed E-state index contributed by atoms with van der Waals surface area (Å²) in [5.74, 6) is -0.271. The molecule has 0 aromatic heterocycles. The lowest BCUT2D eigenvalue weighted by atomic mass is 9.96. The summed E-state index contributed by atoms with van der Waals surface area (Å²) in [5, 5.41) is 0. The highest BCUT2D eigenvalue weighted by Crippen LogP contribution is 2.17. The highest BCUT2D eigenvalue weighted by molar-refractivity contribution is 5.90. The number of carbonyl (C=O) groups is 1. The fourth-order valence-corrected chi connectivity index (χ4v) is 1.57. The first-order chi connectivity index (χ1) is 7.96. The fraction of sp³-hybridized carbons (Fsp3) is 0.500. The first-order valence-electron chi connectivity index (χ1n) is 5.68. The van der Waals surface area contributed by atoms with Crippen molar-refractivity contribution >= 4 is 5.97 Å². The van der Waals surface area contributed by atoms with Gasteiger partial charge in [0.1, 0.15) is 0 Å². The molecule has 0 spiro atoms. The van der Waals surface area contributed by atoms with E-state index in [1.165, 1.54) is 0 Å². The van der Waals surface area contributed by atoms with Crippen molar-refractivity contribution in [2.45, 2.75) is 20.8 Å². The molecule has 1 rings (SSSR count). The van der Waals surface area contributed by atoms with Crippen molar-refractivity contribution < 1.29 is 14.3 Å². The molecule has 0 N–H and O–H groups in total. The van der Waals surface area contributed by atoms with Crippen molar-refractivity contribution in [3.8, 4) is 0 Å². The Morgan fingerprint density at radius 1 is 1.24 bits per heavy atom. The maximum atomic E-state index is 11.9. The number of methoxy groups -OCH3 is 1. The number of hydrogen-bond acceptors (Lipinski definition) is 3. The van der Waals surface area contributed by atoms with Crippen molar-refractivity contribution in [3.63, 3.8) is 0 Å². The summed E-state index contributed by atoms with van der Waals surface area (Å²) < 4.78 is 10.4. The molecule has 0 amide bonds. The Bertz CT molecular complexity index is 383. The van der Waals surface area contributed by atoms with Gasteiger partial charge in [0.2, 0.25) is 0 Å². The molecule has 0 aliphatic rings. The van der Waals surface area contributed by atoms with Gasteiger partial charge >= 0.3 is 5.97 Å². The number of benzene rings is 1. The van der Waals surface area contributed by atoms with Crippen LogP contribution >= 0.6 is 0 Å². The predicted octanol–water partition coefficient (Wildman–Crippen LogP) is 2.82. The van der Waals surface area contributed by atoms with E-state index < -0.39 is 0 Å². The molecule has 0 bridgehead atoms. The molecule has 3 nitrogen and oxygen atoms in total.